The highest BCUT2D eigenvalue weighted by molar-refractivity contribution is 6.03. The maximum absolute atomic E-state index is 12.6. The predicted molar refractivity (Wildman–Crippen MR) is 105 cm³/mol. The summed E-state index contributed by atoms with van der Waals surface area (Å²) in [5.74, 6) is 2.30. The molecule has 0 bridgehead atoms. The number of aromatic nitrogens is 2. The minimum absolute atomic E-state index is 0.196. The molecule has 29 heavy (non-hydrogen) atoms. The SMILES string of the molecule is COc1ccc(NC(=O)c2ccnc(Nc3ccc4c(c3)OCO4)n2)cc1OC. The van der Waals surface area contributed by atoms with Gasteiger partial charge in [-0.25, -0.2) is 9.97 Å². The first kappa shape index (κ1) is 18.4. The molecule has 0 saturated carbocycles. The fourth-order valence-corrected chi connectivity index (χ4v) is 2.76. The zero-order valence-electron chi connectivity index (χ0n) is 15.8. The zero-order chi connectivity index (χ0) is 20.2. The number of methoxy groups -OCH3 is 2. The monoisotopic (exact) mass is 394 g/mol. The van der Waals surface area contributed by atoms with E-state index in [-0.39, 0.29) is 24.3 Å². The first-order valence-electron chi connectivity index (χ1n) is 8.69. The Morgan fingerprint density at radius 1 is 0.966 bits per heavy atom. The van der Waals surface area contributed by atoms with E-state index in [2.05, 4.69) is 20.6 Å². The topological polar surface area (TPSA) is 104 Å². The maximum Gasteiger partial charge on any atom is 0.274 e. The summed E-state index contributed by atoms with van der Waals surface area (Å²) in [7, 11) is 3.08. The average molecular weight is 394 g/mol. The lowest BCUT2D eigenvalue weighted by Gasteiger charge is -2.11. The second-order valence-electron chi connectivity index (χ2n) is 5.98. The van der Waals surface area contributed by atoms with Crippen molar-refractivity contribution < 1.29 is 23.7 Å². The quantitative estimate of drug-likeness (QED) is 0.657. The molecule has 0 atom stereocenters. The van der Waals surface area contributed by atoms with Gasteiger partial charge in [0.15, 0.2) is 23.0 Å². The Kier molecular flexibility index (Phi) is 5.02. The Bertz CT molecular complexity index is 1060. The van der Waals surface area contributed by atoms with E-state index < -0.39 is 0 Å². The molecule has 0 spiro atoms. The molecule has 4 rings (SSSR count). The number of hydrogen-bond donors (Lipinski definition) is 2. The van der Waals surface area contributed by atoms with Gasteiger partial charge in [-0.1, -0.05) is 0 Å². The molecule has 0 unspecified atom stereocenters. The number of benzene rings is 2. The molecule has 3 aromatic rings. The summed E-state index contributed by atoms with van der Waals surface area (Å²) in [5.41, 5.74) is 1.47. The number of carbonyl (C=O) groups excluding carboxylic acids is 1. The maximum atomic E-state index is 12.6. The van der Waals surface area contributed by atoms with Crippen molar-refractivity contribution in [2.24, 2.45) is 0 Å². The minimum atomic E-state index is -0.381. The van der Waals surface area contributed by atoms with Gasteiger partial charge < -0.3 is 29.6 Å². The number of amides is 1. The Morgan fingerprint density at radius 3 is 2.59 bits per heavy atom. The van der Waals surface area contributed by atoms with E-state index in [1.54, 1.807) is 37.4 Å². The summed E-state index contributed by atoms with van der Waals surface area (Å²) in [6, 6.07) is 12.0. The summed E-state index contributed by atoms with van der Waals surface area (Å²) in [6.45, 7) is 0.196. The average Bonchev–Trinajstić information content (AvgIpc) is 3.21. The highest BCUT2D eigenvalue weighted by Crippen LogP contribution is 2.34. The van der Waals surface area contributed by atoms with E-state index in [1.165, 1.54) is 19.4 Å². The fraction of sp³-hybridized carbons (Fsp3) is 0.150. The lowest BCUT2D eigenvalue weighted by atomic mass is 10.2. The van der Waals surface area contributed by atoms with Gasteiger partial charge in [0.1, 0.15) is 5.69 Å². The molecule has 2 heterocycles. The highest BCUT2D eigenvalue weighted by Gasteiger charge is 2.15. The van der Waals surface area contributed by atoms with Crippen molar-refractivity contribution in [1.29, 1.82) is 0 Å². The van der Waals surface area contributed by atoms with Crippen molar-refractivity contribution >= 4 is 23.2 Å². The number of hydrogen-bond acceptors (Lipinski definition) is 8. The van der Waals surface area contributed by atoms with E-state index >= 15 is 0 Å². The van der Waals surface area contributed by atoms with E-state index in [0.29, 0.717) is 34.4 Å². The summed E-state index contributed by atoms with van der Waals surface area (Å²) >= 11 is 0. The van der Waals surface area contributed by atoms with Crippen LogP contribution in [0.15, 0.2) is 48.7 Å². The largest absolute Gasteiger partial charge is 0.493 e. The minimum Gasteiger partial charge on any atom is -0.493 e. The number of ether oxygens (including phenoxy) is 4. The second kappa shape index (κ2) is 7.93. The molecule has 2 N–H and O–H groups in total. The third-order valence-electron chi connectivity index (χ3n) is 4.16. The number of anilines is 3. The van der Waals surface area contributed by atoms with Crippen LogP contribution in [0, 0.1) is 0 Å². The van der Waals surface area contributed by atoms with Crippen LogP contribution in [0.25, 0.3) is 0 Å². The van der Waals surface area contributed by atoms with Crippen LogP contribution in [-0.4, -0.2) is 36.9 Å². The number of nitrogens with one attached hydrogen (secondary N) is 2. The Balaban J connectivity index is 1.49. The molecule has 9 heteroatoms. The molecule has 1 aliphatic rings. The van der Waals surface area contributed by atoms with Crippen LogP contribution >= 0.6 is 0 Å². The molecule has 1 aromatic heterocycles. The Morgan fingerprint density at radius 2 is 1.76 bits per heavy atom. The van der Waals surface area contributed by atoms with Crippen molar-refractivity contribution in [2.75, 3.05) is 31.6 Å². The number of nitrogens with zero attached hydrogens (tertiary/aromatic N) is 2. The molecule has 1 aliphatic heterocycles. The third kappa shape index (κ3) is 3.98. The Labute approximate surface area is 166 Å². The van der Waals surface area contributed by atoms with Gasteiger partial charge in [-0.2, -0.15) is 0 Å². The first-order chi connectivity index (χ1) is 14.2. The molecular weight excluding hydrogens is 376 g/mol. The fourth-order valence-electron chi connectivity index (χ4n) is 2.76. The van der Waals surface area contributed by atoms with Crippen molar-refractivity contribution in [1.82, 2.24) is 9.97 Å². The van der Waals surface area contributed by atoms with E-state index in [1.807, 2.05) is 6.07 Å². The van der Waals surface area contributed by atoms with Gasteiger partial charge in [0.05, 0.1) is 14.2 Å². The zero-order valence-corrected chi connectivity index (χ0v) is 15.8. The van der Waals surface area contributed by atoms with Gasteiger partial charge >= 0.3 is 0 Å². The summed E-state index contributed by atoms with van der Waals surface area (Å²) in [6.07, 6.45) is 1.51. The van der Waals surface area contributed by atoms with Gasteiger partial charge in [0.25, 0.3) is 5.91 Å². The highest BCUT2D eigenvalue weighted by atomic mass is 16.7. The normalized spacial score (nSPS) is 11.7. The van der Waals surface area contributed by atoms with E-state index in [0.717, 1.165) is 0 Å². The standard InChI is InChI=1S/C20H18N4O5/c1-26-15-5-3-12(9-17(15)27-2)22-19(25)14-7-8-21-20(24-14)23-13-4-6-16-18(10-13)29-11-28-16/h3-10H,11H2,1-2H3,(H,22,25)(H,21,23,24). The molecule has 148 valence electrons. The molecule has 0 radical (unpaired) electrons. The molecule has 0 fully saturated rings. The van der Waals surface area contributed by atoms with Gasteiger partial charge in [0, 0.05) is 29.7 Å². The Hall–Kier alpha value is -4.01. The number of rotatable bonds is 6. The molecule has 2 aromatic carbocycles. The molecule has 1 amide bonds. The summed E-state index contributed by atoms with van der Waals surface area (Å²) < 4.78 is 21.1. The van der Waals surface area contributed by atoms with Gasteiger partial charge in [-0.05, 0) is 30.3 Å². The van der Waals surface area contributed by atoms with Crippen molar-refractivity contribution in [3.63, 3.8) is 0 Å². The number of carbonyl (C=O) groups is 1. The van der Waals surface area contributed by atoms with Crippen LogP contribution in [0.5, 0.6) is 23.0 Å². The second-order valence-corrected chi connectivity index (χ2v) is 5.98. The van der Waals surface area contributed by atoms with Crippen LogP contribution in [0.4, 0.5) is 17.3 Å². The van der Waals surface area contributed by atoms with Gasteiger partial charge in [-0.15, -0.1) is 0 Å². The third-order valence-corrected chi connectivity index (χ3v) is 4.16. The van der Waals surface area contributed by atoms with Crippen LogP contribution in [0.2, 0.25) is 0 Å². The first-order valence-corrected chi connectivity index (χ1v) is 8.69. The van der Waals surface area contributed by atoms with Crippen molar-refractivity contribution in [2.45, 2.75) is 0 Å². The van der Waals surface area contributed by atoms with Gasteiger partial charge in [-0.3, -0.25) is 4.79 Å². The lowest BCUT2D eigenvalue weighted by molar-refractivity contribution is 0.102. The summed E-state index contributed by atoms with van der Waals surface area (Å²) in [4.78, 5) is 21.0. The van der Waals surface area contributed by atoms with Crippen molar-refractivity contribution in [3.05, 3.63) is 54.4 Å². The van der Waals surface area contributed by atoms with Crippen LogP contribution in [0.3, 0.4) is 0 Å². The number of fused-ring (bicyclic) bond motifs is 1. The van der Waals surface area contributed by atoms with Crippen molar-refractivity contribution in [3.8, 4) is 23.0 Å². The van der Waals surface area contributed by atoms with Gasteiger partial charge in [0.2, 0.25) is 12.7 Å². The molecule has 9 nitrogen and oxygen atoms in total. The van der Waals surface area contributed by atoms with Crippen LogP contribution in [0.1, 0.15) is 10.5 Å². The lowest BCUT2D eigenvalue weighted by Crippen LogP contribution is -2.14. The van der Waals surface area contributed by atoms with E-state index in [4.69, 9.17) is 18.9 Å². The molecular formula is C20H18N4O5. The molecule has 0 saturated heterocycles. The van der Waals surface area contributed by atoms with Crippen LogP contribution < -0.4 is 29.6 Å². The van der Waals surface area contributed by atoms with Crippen LogP contribution in [-0.2, 0) is 0 Å². The smallest absolute Gasteiger partial charge is 0.274 e. The predicted octanol–water partition coefficient (Wildman–Crippen LogP) is 3.22. The molecule has 0 aliphatic carbocycles. The summed E-state index contributed by atoms with van der Waals surface area (Å²) in [5, 5.41) is 5.83. The van der Waals surface area contributed by atoms with E-state index in [9.17, 15) is 4.79 Å².